The van der Waals surface area contributed by atoms with Crippen molar-refractivity contribution in [1.82, 2.24) is 0 Å². The van der Waals surface area contributed by atoms with Crippen LogP contribution in [-0.2, 0) is 9.59 Å². The first-order valence-corrected chi connectivity index (χ1v) is 5.36. The second-order valence-electron chi connectivity index (χ2n) is 3.87. The summed E-state index contributed by atoms with van der Waals surface area (Å²) in [6.07, 6.45) is 0.285. The molecule has 90 valence electrons. The normalized spacial score (nSPS) is 22.0. The molecule has 6 heteroatoms. The monoisotopic (exact) mass is 257 g/mol. The van der Waals surface area contributed by atoms with Gasteiger partial charge in [0, 0.05) is 0 Å². The van der Waals surface area contributed by atoms with E-state index in [1.807, 2.05) is 0 Å². The van der Waals surface area contributed by atoms with E-state index < -0.39 is 29.5 Å². The predicted octanol–water partition coefficient (Wildman–Crippen LogP) is 2.14. The van der Waals surface area contributed by atoms with E-state index in [9.17, 15) is 14.0 Å². The summed E-state index contributed by atoms with van der Waals surface area (Å²) in [5.74, 6) is -3.42. The van der Waals surface area contributed by atoms with Crippen LogP contribution in [0.15, 0.2) is 18.2 Å². The van der Waals surface area contributed by atoms with E-state index in [-0.39, 0.29) is 17.1 Å². The summed E-state index contributed by atoms with van der Waals surface area (Å²) in [7, 11) is 0. The van der Waals surface area contributed by atoms with Gasteiger partial charge in [0.2, 0.25) is 5.91 Å². The SMILES string of the molecule is O=C(O)C1CC1C(=O)Nc1c(F)cccc1Cl. The van der Waals surface area contributed by atoms with Gasteiger partial charge in [-0.05, 0) is 18.6 Å². The summed E-state index contributed by atoms with van der Waals surface area (Å²) in [5.41, 5.74) is -0.102. The van der Waals surface area contributed by atoms with Crippen molar-refractivity contribution in [3.8, 4) is 0 Å². The van der Waals surface area contributed by atoms with Crippen molar-refractivity contribution in [2.24, 2.45) is 11.8 Å². The third-order valence-electron chi connectivity index (χ3n) is 2.66. The van der Waals surface area contributed by atoms with Crippen LogP contribution in [0, 0.1) is 17.7 Å². The minimum absolute atomic E-state index is 0.0888. The molecule has 0 saturated heterocycles. The Kier molecular flexibility index (Phi) is 3.02. The zero-order valence-electron chi connectivity index (χ0n) is 8.61. The van der Waals surface area contributed by atoms with Crippen LogP contribution in [0.3, 0.4) is 0 Å². The molecule has 1 fully saturated rings. The Morgan fingerprint density at radius 3 is 2.65 bits per heavy atom. The predicted molar refractivity (Wildman–Crippen MR) is 59.3 cm³/mol. The van der Waals surface area contributed by atoms with Crippen molar-refractivity contribution < 1.29 is 19.1 Å². The number of carboxylic acids is 1. The minimum atomic E-state index is -1.01. The molecule has 1 aromatic rings. The molecule has 0 aromatic heterocycles. The third-order valence-corrected chi connectivity index (χ3v) is 2.97. The number of halogens is 2. The number of hydrogen-bond donors (Lipinski definition) is 2. The molecule has 0 aliphatic heterocycles. The number of benzene rings is 1. The van der Waals surface area contributed by atoms with Crippen molar-refractivity contribution >= 4 is 29.2 Å². The number of nitrogens with one attached hydrogen (secondary N) is 1. The van der Waals surface area contributed by atoms with Gasteiger partial charge in [-0.25, -0.2) is 4.39 Å². The first-order chi connectivity index (χ1) is 8.00. The van der Waals surface area contributed by atoms with Gasteiger partial charge in [-0.15, -0.1) is 0 Å². The summed E-state index contributed by atoms with van der Waals surface area (Å²) in [4.78, 5) is 22.2. The Balaban J connectivity index is 2.07. The van der Waals surface area contributed by atoms with Crippen LogP contribution in [0.1, 0.15) is 6.42 Å². The number of hydrogen-bond acceptors (Lipinski definition) is 2. The lowest BCUT2D eigenvalue weighted by molar-refractivity contribution is -0.139. The van der Waals surface area contributed by atoms with Gasteiger partial charge in [-0.3, -0.25) is 9.59 Å². The number of amides is 1. The van der Waals surface area contributed by atoms with Gasteiger partial charge in [0.15, 0.2) is 0 Å². The van der Waals surface area contributed by atoms with Crippen molar-refractivity contribution in [2.45, 2.75) is 6.42 Å². The lowest BCUT2D eigenvalue weighted by atomic mass is 10.2. The molecule has 1 aromatic carbocycles. The van der Waals surface area contributed by atoms with Gasteiger partial charge < -0.3 is 10.4 Å². The molecule has 4 nitrogen and oxygen atoms in total. The van der Waals surface area contributed by atoms with Crippen molar-refractivity contribution in [3.63, 3.8) is 0 Å². The highest BCUT2D eigenvalue weighted by atomic mass is 35.5. The van der Waals surface area contributed by atoms with Crippen LogP contribution >= 0.6 is 11.6 Å². The average Bonchev–Trinajstić information content (AvgIpc) is 3.03. The van der Waals surface area contributed by atoms with Gasteiger partial charge in [-0.1, -0.05) is 17.7 Å². The smallest absolute Gasteiger partial charge is 0.307 e. The Hall–Kier alpha value is -1.62. The third kappa shape index (κ3) is 2.39. The van der Waals surface area contributed by atoms with Crippen LogP contribution in [0.2, 0.25) is 5.02 Å². The highest BCUT2D eigenvalue weighted by Crippen LogP contribution is 2.40. The number of aliphatic carboxylic acids is 1. The van der Waals surface area contributed by atoms with Gasteiger partial charge in [-0.2, -0.15) is 0 Å². The van der Waals surface area contributed by atoms with Crippen molar-refractivity contribution in [2.75, 3.05) is 5.32 Å². The van der Waals surface area contributed by atoms with Crippen molar-refractivity contribution in [1.29, 1.82) is 0 Å². The Bertz CT molecular complexity index is 471. The minimum Gasteiger partial charge on any atom is -0.481 e. The number of carbonyl (C=O) groups is 2. The molecule has 0 spiro atoms. The first-order valence-electron chi connectivity index (χ1n) is 4.98. The Morgan fingerprint density at radius 1 is 1.41 bits per heavy atom. The van der Waals surface area contributed by atoms with Crippen LogP contribution in [0.4, 0.5) is 10.1 Å². The molecule has 0 radical (unpaired) electrons. The molecule has 17 heavy (non-hydrogen) atoms. The van der Waals surface area contributed by atoms with Crippen molar-refractivity contribution in [3.05, 3.63) is 29.0 Å². The lowest BCUT2D eigenvalue weighted by Gasteiger charge is -2.07. The molecule has 2 rings (SSSR count). The summed E-state index contributed by atoms with van der Waals surface area (Å²) < 4.78 is 13.3. The number of carbonyl (C=O) groups excluding carboxylic acids is 1. The van der Waals surface area contributed by atoms with Gasteiger partial charge in [0.25, 0.3) is 0 Å². The van der Waals surface area contributed by atoms with Gasteiger partial charge >= 0.3 is 5.97 Å². The van der Waals surface area contributed by atoms with E-state index in [0.717, 1.165) is 0 Å². The highest BCUT2D eigenvalue weighted by molar-refractivity contribution is 6.33. The fourth-order valence-corrected chi connectivity index (χ4v) is 1.80. The molecule has 1 aliphatic carbocycles. The standard InChI is InChI=1S/C11H9ClFNO3/c12-7-2-1-3-8(13)9(7)14-10(15)5-4-6(5)11(16)17/h1-3,5-6H,4H2,(H,14,15)(H,16,17). The van der Waals surface area contributed by atoms with Crippen LogP contribution in [0.25, 0.3) is 0 Å². The Labute approximate surface area is 101 Å². The fourth-order valence-electron chi connectivity index (χ4n) is 1.59. The molecule has 0 heterocycles. The van der Waals surface area contributed by atoms with E-state index in [1.165, 1.54) is 18.2 Å². The second-order valence-corrected chi connectivity index (χ2v) is 4.28. The molecule has 2 unspecified atom stereocenters. The van der Waals surface area contributed by atoms with Crippen LogP contribution < -0.4 is 5.32 Å². The van der Waals surface area contributed by atoms with Crippen LogP contribution in [-0.4, -0.2) is 17.0 Å². The molecule has 1 saturated carbocycles. The van der Waals surface area contributed by atoms with E-state index in [4.69, 9.17) is 16.7 Å². The second kappa shape index (κ2) is 4.33. The lowest BCUT2D eigenvalue weighted by Crippen LogP contribution is -2.17. The largest absolute Gasteiger partial charge is 0.481 e. The molecular formula is C11H9ClFNO3. The number of anilines is 1. The molecule has 2 atom stereocenters. The zero-order valence-corrected chi connectivity index (χ0v) is 9.37. The maximum atomic E-state index is 13.3. The quantitative estimate of drug-likeness (QED) is 0.872. The first kappa shape index (κ1) is 11.9. The summed E-state index contributed by atoms with van der Waals surface area (Å²) in [5, 5.41) is 11.1. The summed E-state index contributed by atoms with van der Waals surface area (Å²) in [6.45, 7) is 0. The molecular weight excluding hydrogens is 249 g/mol. The zero-order chi connectivity index (χ0) is 12.6. The van der Waals surface area contributed by atoms with E-state index in [2.05, 4.69) is 5.32 Å². The van der Waals surface area contributed by atoms with E-state index in [1.54, 1.807) is 0 Å². The maximum absolute atomic E-state index is 13.3. The van der Waals surface area contributed by atoms with Gasteiger partial charge in [0.1, 0.15) is 5.82 Å². The van der Waals surface area contributed by atoms with Gasteiger partial charge in [0.05, 0.1) is 22.5 Å². The molecule has 2 N–H and O–H groups in total. The van der Waals surface area contributed by atoms with E-state index >= 15 is 0 Å². The topological polar surface area (TPSA) is 66.4 Å². The average molecular weight is 258 g/mol. The number of carboxylic acid groups (broad SMARTS) is 1. The maximum Gasteiger partial charge on any atom is 0.307 e. The molecule has 1 aliphatic rings. The molecule has 0 bridgehead atoms. The Morgan fingerprint density at radius 2 is 2.12 bits per heavy atom. The number of rotatable bonds is 3. The number of para-hydroxylation sites is 1. The molecule has 1 amide bonds. The summed E-state index contributed by atoms with van der Waals surface area (Å²) >= 11 is 5.73. The van der Waals surface area contributed by atoms with Crippen LogP contribution in [0.5, 0.6) is 0 Å². The highest BCUT2D eigenvalue weighted by Gasteiger charge is 2.48. The fraction of sp³-hybridized carbons (Fsp3) is 0.273. The summed E-state index contributed by atoms with van der Waals surface area (Å²) in [6, 6.07) is 4.04. The van der Waals surface area contributed by atoms with E-state index in [0.29, 0.717) is 0 Å².